The number of aryl methyl sites for hydroxylation is 1. The number of hydrogen-bond donors (Lipinski definition) is 1. The number of aromatic nitrogens is 1. The summed E-state index contributed by atoms with van der Waals surface area (Å²) in [5, 5.41) is 9.05. The van der Waals surface area contributed by atoms with Crippen molar-refractivity contribution >= 4 is 17.6 Å². The monoisotopic (exact) mass is 324 g/mol. The molecule has 0 spiro atoms. The summed E-state index contributed by atoms with van der Waals surface area (Å²) in [7, 11) is 0. The Morgan fingerprint density at radius 3 is 2.62 bits per heavy atom. The van der Waals surface area contributed by atoms with E-state index in [1.807, 2.05) is 6.07 Å². The van der Waals surface area contributed by atoms with Crippen LogP contribution < -0.4 is 4.90 Å². The molecule has 1 aromatic heterocycles. The summed E-state index contributed by atoms with van der Waals surface area (Å²) >= 11 is 0. The van der Waals surface area contributed by atoms with Crippen LogP contribution >= 0.6 is 0 Å². The van der Waals surface area contributed by atoms with Gasteiger partial charge in [-0.25, -0.2) is 9.78 Å². The van der Waals surface area contributed by atoms with Gasteiger partial charge in [0.05, 0.1) is 0 Å². The second-order valence-corrected chi connectivity index (χ2v) is 6.32. The molecule has 0 unspecified atom stereocenters. The van der Waals surface area contributed by atoms with Gasteiger partial charge < -0.3 is 10.0 Å². The Bertz CT molecular complexity index is 799. The van der Waals surface area contributed by atoms with Crippen LogP contribution in [-0.2, 0) is 6.42 Å². The van der Waals surface area contributed by atoms with Gasteiger partial charge in [0.15, 0.2) is 0 Å². The van der Waals surface area contributed by atoms with E-state index in [9.17, 15) is 9.59 Å². The average molecular weight is 324 g/mol. The molecule has 5 nitrogen and oxygen atoms in total. The zero-order chi connectivity index (χ0) is 17.3. The van der Waals surface area contributed by atoms with E-state index in [0.717, 1.165) is 24.1 Å². The number of aromatic carboxylic acids is 1. The number of hydrogen-bond acceptors (Lipinski definition) is 3. The summed E-state index contributed by atoms with van der Waals surface area (Å²) in [6.45, 7) is 4.91. The summed E-state index contributed by atoms with van der Waals surface area (Å²) in [5.74, 6) is -0.947. The van der Waals surface area contributed by atoms with Crippen molar-refractivity contribution < 1.29 is 14.7 Å². The molecule has 0 atom stereocenters. The molecular formula is C19H20N2O3. The molecule has 1 N–H and O–H groups in total. The fraction of sp³-hybridized carbons (Fsp3) is 0.316. The zero-order valence-electron chi connectivity index (χ0n) is 13.8. The number of carbonyl (C=O) groups is 2. The fourth-order valence-electron chi connectivity index (χ4n) is 3.00. The van der Waals surface area contributed by atoms with E-state index >= 15 is 0 Å². The van der Waals surface area contributed by atoms with Crippen molar-refractivity contribution in [2.45, 2.75) is 32.6 Å². The third-order valence-electron chi connectivity index (χ3n) is 4.32. The van der Waals surface area contributed by atoms with Crippen LogP contribution in [-0.4, -0.2) is 28.5 Å². The summed E-state index contributed by atoms with van der Waals surface area (Å²) in [5.41, 5.74) is 3.37. The minimum Gasteiger partial charge on any atom is -0.477 e. The molecule has 0 aliphatic carbocycles. The van der Waals surface area contributed by atoms with Crippen LogP contribution in [0.3, 0.4) is 0 Å². The number of nitrogens with zero attached hydrogens (tertiary/aromatic N) is 2. The Morgan fingerprint density at radius 2 is 1.92 bits per heavy atom. The molecule has 1 aromatic carbocycles. The molecule has 0 saturated carbocycles. The minimum atomic E-state index is -1.13. The third kappa shape index (κ3) is 3.02. The molecular weight excluding hydrogens is 304 g/mol. The standard InChI is InChI=1S/C19H20N2O3/c1-12(2)13-8-9-17-14(11-13)5-4-10-21(17)18(22)15-6-3-7-16(20-15)19(23)24/h3,6-9,11-12H,4-5,10H2,1-2H3,(H,23,24). The van der Waals surface area contributed by atoms with Gasteiger partial charge in [-0.05, 0) is 48.1 Å². The smallest absolute Gasteiger partial charge is 0.354 e. The van der Waals surface area contributed by atoms with E-state index in [1.54, 1.807) is 17.0 Å². The fourth-order valence-corrected chi connectivity index (χ4v) is 3.00. The van der Waals surface area contributed by atoms with E-state index in [0.29, 0.717) is 12.5 Å². The molecule has 0 saturated heterocycles. The lowest BCUT2D eigenvalue weighted by Gasteiger charge is -2.30. The predicted octanol–water partition coefficient (Wildman–Crippen LogP) is 3.50. The largest absolute Gasteiger partial charge is 0.477 e. The van der Waals surface area contributed by atoms with Crippen molar-refractivity contribution in [3.63, 3.8) is 0 Å². The lowest BCUT2D eigenvalue weighted by Crippen LogP contribution is -2.36. The predicted molar refractivity (Wildman–Crippen MR) is 91.7 cm³/mol. The number of benzene rings is 1. The van der Waals surface area contributed by atoms with Crippen molar-refractivity contribution in [2.75, 3.05) is 11.4 Å². The van der Waals surface area contributed by atoms with E-state index < -0.39 is 5.97 Å². The van der Waals surface area contributed by atoms with E-state index in [2.05, 4.69) is 31.0 Å². The Kier molecular flexibility index (Phi) is 4.34. The van der Waals surface area contributed by atoms with Crippen LogP contribution in [0.5, 0.6) is 0 Å². The molecule has 0 radical (unpaired) electrons. The molecule has 124 valence electrons. The van der Waals surface area contributed by atoms with Crippen molar-refractivity contribution in [1.82, 2.24) is 4.98 Å². The Morgan fingerprint density at radius 1 is 1.17 bits per heavy atom. The number of fused-ring (bicyclic) bond motifs is 1. The zero-order valence-corrected chi connectivity index (χ0v) is 13.8. The maximum atomic E-state index is 12.8. The van der Waals surface area contributed by atoms with Crippen LogP contribution in [0.15, 0.2) is 36.4 Å². The van der Waals surface area contributed by atoms with Crippen molar-refractivity contribution in [2.24, 2.45) is 0 Å². The van der Waals surface area contributed by atoms with Gasteiger partial charge in [-0.3, -0.25) is 4.79 Å². The molecule has 2 heterocycles. The highest BCUT2D eigenvalue weighted by atomic mass is 16.4. The van der Waals surface area contributed by atoms with Gasteiger partial charge in [-0.1, -0.05) is 32.0 Å². The summed E-state index contributed by atoms with van der Waals surface area (Å²) < 4.78 is 0. The molecule has 1 aliphatic rings. The summed E-state index contributed by atoms with van der Waals surface area (Å²) in [4.78, 5) is 29.6. The van der Waals surface area contributed by atoms with Crippen LogP contribution in [0.2, 0.25) is 0 Å². The Balaban J connectivity index is 1.95. The maximum absolute atomic E-state index is 12.8. The number of amides is 1. The number of carboxylic acid groups (broad SMARTS) is 1. The van der Waals surface area contributed by atoms with Gasteiger partial charge in [0.25, 0.3) is 5.91 Å². The van der Waals surface area contributed by atoms with Gasteiger partial charge in [-0.2, -0.15) is 0 Å². The first kappa shape index (κ1) is 16.2. The average Bonchev–Trinajstić information content (AvgIpc) is 2.60. The van der Waals surface area contributed by atoms with Gasteiger partial charge in [0.1, 0.15) is 11.4 Å². The molecule has 0 bridgehead atoms. The Hall–Kier alpha value is -2.69. The third-order valence-corrected chi connectivity index (χ3v) is 4.32. The van der Waals surface area contributed by atoms with Crippen LogP contribution in [0, 0.1) is 0 Å². The van der Waals surface area contributed by atoms with Gasteiger partial charge >= 0.3 is 5.97 Å². The Labute approximate surface area is 140 Å². The molecule has 1 amide bonds. The topological polar surface area (TPSA) is 70.5 Å². The van der Waals surface area contributed by atoms with Crippen LogP contribution in [0.4, 0.5) is 5.69 Å². The van der Waals surface area contributed by atoms with Crippen molar-refractivity contribution in [3.8, 4) is 0 Å². The first-order valence-electron chi connectivity index (χ1n) is 8.12. The molecule has 2 aromatic rings. The first-order chi connectivity index (χ1) is 11.5. The molecule has 24 heavy (non-hydrogen) atoms. The van der Waals surface area contributed by atoms with E-state index in [1.165, 1.54) is 11.6 Å². The van der Waals surface area contributed by atoms with Crippen molar-refractivity contribution in [3.05, 3.63) is 58.9 Å². The lowest BCUT2D eigenvalue weighted by molar-refractivity contribution is 0.0690. The number of carbonyl (C=O) groups excluding carboxylic acids is 1. The van der Waals surface area contributed by atoms with Gasteiger partial charge in [-0.15, -0.1) is 0 Å². The van der Waals surface area contributed by atoms with Crippen molar-refractivity contribution in [1.29, 1.82) is 0 Å². The van der Waals surface area contributed by atoms with Crippen LogP contribution in [0.25, 0.3) is 0 Å². The lowest BCUT2D eigenvalue weighted by atomic mass is 9.94. The molecule has 5 heteroatoms. The summed E-state index contributed by atoms with van der Waals surface area (Å²) in [6.07, 6.45) is 1.83. The van der Waals surface area contributed by atoms with Gasteiger partial charge in [0.2, 0.25) is 0 Å². The molecule has 3 rings (SSSR count). The number of pyridine rings is 1. The highest BCUT2D eigenvalue weighted by molar-refractivity contribution is 6.06. The van der Waals surface area contributed by atoms with E-state index in [-0.39, 0.29) is 17.3 Å². The SMILES string of the molecule is CC(C)c1ccc2c(c1)CCCN2C(=O)c1cccc(C(=O)O)n1. The second kappa shape index (κ2) is 6.43. The summed E-state index contributed by atoms with van der Waals surface area (Å²) in [6, 6.07) is 10.7. The minimum absolute atomic E-state index is 0.117. The van der Waals surface area contributed by atoms with Crippen LogP contribution in [0.1, 0.15) is 58.3 Å². The number of carboxylic acids is 1. The van der Waals surface area contributed by atoms with Gasteiger partial charge in [0, 0.05) is 12.2 Å². The second-order valence-electron chi connectivity index (χ2n) is 6.32. The maximum Gasteiger partial charge on any atom is 0.354 e. The first-order valence-corrected chi connectivity index (χ1v) is 8.12. The highest BCUT2D eigenvalue weighted by Crippen LogP contribution is 2.31. The number of anilines is 1. The normalized spacial score (nSPS) is 13.7. The molecule has 0 fully saturated rings. The molecule has 1 aliphatic heterocycles. The quantitative estimate of drug-likeness (QED) is 0.938. The number of rotatable bonds is 3. The highest BCUT2D eigenvalue weighted by Gasteiger charge is 2.25. The van der Waals surface area contributed by atoms with E-state index in [4.69, 9.17) is 5.11 Å².